The summed E-state index contributed by atoms with van der Waals surface area (Å²) in [5.74, 6) is 0.618. The molecular formula is C16H27N5O2. The second-order valence-corrected chi connectivity index (χ2v) is 6.31. The van der Waals surface area contributed by atoms with Crippen LogP contribution in [0.5, 0.6) is 0 Å². The van der Waals surface area contributed by atoms with Gasteiger partial charge in [0.2, 0.25) is 11.9 Å². The van der Waals surface area contributed by atoms with Crippen molar-refractivity contribution in [2.75, 3.05) is 39.0 Å². The Labute approximate surface area is 137 Å². The first-order valence-corrected chi connectivity index (χ1v) is 8.10. The first-order chi connectivity index (χ1) is 10.9. The largest absolute Gasteiger partial charge is 0.390 e. The molecule has 2 heterocycles. The van der Waals surface area contributed by atoms with Gasteiger partial charge in [0.25, 0.3) is 0 Å². The van der Waals surface area contributed by atoms with Gasteiger partial charge in [-0.2, -0.15) is 0 Å². The average molecular weight is 321 g/mol. The number of aromatic nitrogens is 2. The van der Waals surface area contributed by atoms with Crippen molar-refractivity contribution >= 4 is 11.9 Å². The van der Waals surface area contributed by atoms with Crippen molar-refractivity contribution < 1.29 is 9.90 Å². The van der Waals surface area contributed by atoms with E-state index in [2.05, 4.69) is 22.2 Å². The summed E-state index contributed by atoms with van der Waals surface area (Å²) in [6.07, 6.45) is 2.87. The molecule has 1 aromatic heterocycles. The maximum atomic E-state index is 11.8. The number of carbonyl (C=O) groups excluding carboxylic acids is 1. The number of nitrogens with one attached hydrogen (secondary N) is 1. The highest BCUT2D eigenvalue weighted by Crippen LogP contribution is 2.16. The Bertz CT molecular complexity index is 549. The van der Waals surface area contributed by atoms with Crippen molar-refractivity contribution in [3.05, 3.63) is 17.5 Å². The Morgan fingerprint density at radius 3 is 2.87 bits per heavy atom. The lowest BCUT2D eigenvalue weighted by Crippen LogP contribution is -2.52. The molecule has 7 heteroatoms. The number of rotatable bonds is 5. The molecule has 1 aliphatic rings. The van der Waals surface area contributed by atoms with Gasteiger partial charge in [-0.15, -0.1) is 0 Å². The first kappa shape index (κ1) is 17.6. The number of piperidine rings is 1. The van der Waals surface area contributed by atoms with E-state index in [1.807, 2.05) is 18.0 Å². The van der Waals surface area contributed by atoms with Gasteiger partial charge in [0, 0.05) is 39.1 Å². The fourth-order valence-electron chi connectivity index (χ4n) is 2.71. The quantitative estimate of drug-likeness (QED) is 0.811. The normalized spacial score (nSPS) is 22.0. The van der Waals surface area contributed by atoms with Crippen LogP contribution in [0.3, 0.4) is 0 Å². The number of aliphatic hydroxyl groups is 1. The van der Waals surface area contributed by atoms with Crippen LogP contribution in [0.1, 0.15) is 24.6 Å². The highest BCUT2D eigenvalue weighted by Gasteiger charge is 2.29. The summed E-state index contributed by atoms with van der Waals surface area (Å²) >= 11 is 0. The van der Waals surface area contributed by atoms with Crippen LogP contribution in [-0.2, 0) is 11.2 Å². The summed E-state index contributed by atoms with van der Waals surface area (Å²) in [5.41, 5.74) is 2.10. The van der Waals surface area contributed by atoms with Crippen LogP contribution < -0.4 is 5.32 Å². The van der Waals surface area contributed by atoms with Crippen LogP contribution in [0.4, 0.5) is 5.95 Å². The summed E-state index contributed by atoms with van der Waals surface area (Å²) in [7, 11) is 3.49. The number of nitrogens with zero attached hydrogens (tertiary/aromatic N) is 4. The minimum atomic E-state index is -0.548. The smallest absolute Gasteiger partial charge is 0.236 e. The van der Waals surface area contributed by atoms with Crippen LogP contribution >= 0.6 is 0 Å². The maximum absolute atomic E-state index is 11.8. The Morgan fingerprint density at radius 1 is 1.52 bits per heavy atom. The molecule has 1 fully saturated rings. The van der Waals surface area contributed by atoms with E-state index in [4.69, 9.17) is 0 Å². The topological polar surface area (TPSA) is 81.6 Å². The van der Waals surface area contributed by atoms with Crippen molar-refractivity contribution in [2.24, 2.45) is 0 Å². The molecule has 23 heavy (non-hydrogen) atoms. The minimum Gasteiger partial charge on any atom is -0.390 e. The number of hydrogen-bond donors (Lipinski definition) is 2. The van der Waals surface area contributed by atoms with Gasteiger partial charge in [0.1, 0.15) is 0 Å². The molecule has 0 aromatic carbocycles. The molecule has 0 bridgehead atoms. The number of aliphatic hydroxyl groups excluding tert-OH is 1. The molecule has 0 aliphatic carbocycles. The Morgan fingerprint density at radius 2 is 2.26 bits per heavy atom. The van der Waals surface area contributed by atoms with E-state index in [-0.39, 0.29) is 11.9 Å². The van der Waals surface area contributed by atoms with Crippen LogP contribution in [0.2, 0.25) is 0 Å². The molecule has 0 spiro atoms. The molecule has 0 unspecified atom stereocenters. The number of β-amino-alcohol motifs (C(OH)–C–C–N with tert-alkyl or cyclic N) is 1. The van der Waals surface area contributed by atoms with Crippen LogP contribution in [0.15, 0.2) is 6.20 Å². The monoisotopic (exact) mass is 321 g/mol. The summed E-state index contributed by atoms with van der Waals surface area (Å²) in [5, 5.41) is 13.6. The van der Waals surface area contributed by atoms with Crippen LogP contribution in [0.25, 0.3) is 0 Å². The zero-order valence-corrected chi connectivity index (χ0v) is 14.4. The van der Waals surface area contributed by atoms with Crippen molar-refractivity contribution in [3.63, 3.8) is 0 Å². The van der Waals surface area contributed by atoms with Gasteiger partial charge in [-0.1, -0.05) is 6.92 Å². The molecule has 7 nitrogen and oxygen atoms in total. The van der Waals surface area contributed by atoms with E-state index in [1.165, 1.54) is 0 Å². The average Bonchev–Trinajstić information content (AvgIpc) is 2.51. The van der Waals surface area contributed by atoms with E-state index in [0.29, 0.717) is 19.0 Å². The Balaban J connectivity index is 1.92. The second kappa shape index (κ2) is 7.70. The third kappa shape index (κ3) is 4.62. The Hall–Kier alpha value is -1.73. The summed E-state index contributed by atoms with van der Waals surface area (Å²) in [6, 6.07) is -0.0897. The number of anilines is 1. The minimum absolute atomic E-state index is 0.0538. The fraction of sp³-hybridized carbons (Fsp3) is 0.688. The predicted octanol–water partition coefficient (Wildman–Crippen LogP) is 0.283. The standard InChI is InChI=1S/C16H27N5O2/c1-5-12-11(2)8-17-16(18-12)19-13-6-7-21(9-14(13)22)10-15(23)20(3)4/h8,13-14,22H,5-7,9-10H2,1-4H3,(H,17,18,19)/t13-,14-/m1/s1. The van der Waals surface area contributed by atoms with E-state index >= 15 is 0 Å². The van der Waals surface area contributed by atoms with Gasteiger partial charge in [0.15, 0.2) is 0 Å². The number of likely N-dealkylation sites (tertiary alicyclic amines) is 1. The molecule has 128 valence electrons. The van der Waals surface area contributed by atoms with Crippen molar-refractivity contribution in [3.8, 4) is 0 Å². The van der Waals surface area contributed by atoms with Crippen molar-refractivity contribution in [1.82, 2.24) is 19.8 Å². The predicted molar refractivity (Wildman–Crippen MR) is 89.3 cm³/mol. The molecular weight excluding hydrogens is 294 g/mol. The molecule has 2 N–H and O–H groups in total. The summed E-state index contributed by atoms with van der Waals surface area (Å²) in [6.45, 7) is 5.65. The highest BCUT2D eigenvalue weighted by atomic mass is 16.3. The van der Waals surface area contributed by atoms with Crippen LogP contribution in [-0.4, -0.2) is 76.7 Å². The molecule has 2 atom stereocenters. The van der Waals surface area contributed by atoms with Crippen LogP contribution in [0, 0.1) is 6.92 Å². The molecule has 1 aliphatic heterocycles. The van der Waals surface area contributed by atoms with Crippen molar-refractivity contribution in [1.29, 1.82) is 0 Å². The van der Waals surface area contributed by atoms with Gasteiger partial charge in [-0.3, -0.25) is 9.69 Å². The zero-order valence-electron chi connectivity index (χ0n) is 14.4. The Kier molecular flexibility index (Phi) is 5.90. The van der Waals surface area contributed by atoms with Crippen molar-refractivity contribution in [2.45, 2.75) is 38.8 Å². The van der Waals surface area contributed by atoms with E-state index in [1.54, 1.807) is 19.0 Å². The molecule has 2 rings (SSSR count). The third-order valence-corrected chi connectivity index (χ3v) is 4.25. The molecule has 0 radical (unpaired) electrons. The molecule has 0 saturated carbocycles. The second-order valence-electron chi connectivity index (χ2n) is 6.31. The van der Waals surface area contributed by atoms with E-state index in [9.17, 15) is 9.90 Å². The lowest BCUT2D eigenvalue weighted by atomic mass is 10.0. The van der Waals surface area contributed by atoms with E-state index < -0.39 is 6.10 Å². The van der Waals surface area contributed by atoms with Gasteiger partial charge in [0.05, 0.1) is 18.7 Å². The fourth-order valence-corrected chi connectivity index (χ4v) is 2.71. The molecule has 1 saturated heterocycles. The summed E-state index contributed by atoms with van der Waals surface area (Å²) < 4.78 is 0. The lowest BCUT2D eigenvalue weighted by Gasteiger charge is -2.36. The summed E-state index contributed by atoms with van der Waals surface area (Å²) in [4.78, 5) is 24.1. The number of hydrogen-bond acceptors (Lipinski definition) is 6. The SMILES string of the molecule is CCc1nc(N[C@@H]2CCN(CC(=O)N(C)C)C[C@H]2O)ncc1C. The molecule has 1 amide bonds. The maximum Gasteiger partial charge on any atom is 0.236 e. The number of likely N-dealkylation sites (N-methyl/N-ethyl adjacent to an activating group) is 1. The van der Waals surface area contributed by atoms with Gasteiger partial charge < -0.3 is 15.3 Å². The van der Waals surface area contributed by atoms with Gasteiger partial charge >= 0.3 is 0 Å². The number of carbonyl (C=O) groups is 1. The van der Waals surface area contributed by atoms with Gasteiger partial charge in [-0.25, -0.2) is 9.97 Å². The number of amides is 1. The lowest BCUT2D eigenvalue weighted by molar-refractivity contribution is -0.130. The third-order valence-electron chi connectivity index (χ3n) is 4.25. The zero-order chi connectivity index (χ0) is 17.0. The highest BCUT2D eigenvalue weighted by molar-refractivity contribution is 5.77. The molecule has 1 aromatic rings. The first-order valence-electron chi connectivity index (χ1n) is 8.10. The van der Waals surface area contributed by atoms with Gasteiger partial charge in [-0.05, 0) is 25.3 Å². The number of aryl methyl sites for hydroxylation is 2. The van der Waals surface area contributed by atoms with E-state index in [0.717, 1.165) is 30.6 Å².